The summed E-state index contributed by atoms with van der Waals surface area (Å²) in [5.41, 5.74) is 3.38. The number of hydrogen-bond donors (Lipinski definition) is 1. The molecule has 1 atom stereocenters. The van der Waals surface area contributed by atoms with Crippen LogP contribution in [-0.2, 0) is 6.42 Å². The van der Waals surface area contributed by atoms with Crippen molar-refractivity contribution in [2.45, 2.75) is 45.1 Å². The lowest BCUT2D eigenvalue weighted by Crippen LogP contribution is -2.42. The predicted molar refractivity (Wildman–Crippen MR) is 82.5 cm³/mol. The number of hydrogen-bond acceptors (Lipinski definition) is 3. The smallest absolute Gasteiger partial charge is 0.176 e. The number of piperidine rings is 1. The highest BCUT2D eigenvalue weighted by atomic mass is 16.1. The van der Waals surface area contributed by atoms with Crippen LogP contribution >= 0.6 is 0 Å². The molecule has 1 aromatic carbocycles. The zero-order valence-corrected chi connectivity index (χ0v) is 12.3. The molecule has 0 saturated carbocycles. The van der Waals surface area contributed by atoms with Gasteiger partial charge in [-0.25, -0.2) is 0 Å². The van der Waals surface area contributed by atoms with Crippen molar-refractivity contribution in [2.24, 2.45) is 0 Å². The SMILES string of the molecule is CCC1CCCCN1CC(=O)c1ccc2c(c1)CCN2. The maximum Gasteiger partial charge on any atom is 0.176 e. The third-order valence-corrected chi connectivity index (χ3v) is 4.70. The first-order valence-electron chi connectivity index (χ1n) is 7.92. The van der Waals surface area contributed by atoms with Crippen molar-refractivity contribution in [1.82, 2.24) is 4.90 Å². The molecule has 2 heterocycles. The van der Waals surface area contributed by atoms with Crippen molar-refractivity contribution in [3.8, 4) is 0 Å². The van der Waals surface area contributed by atoms with Gasteiger partial charge in [-0.1, -0.05) is 13.3 Å². The van der Waals surface area contributed by atoms with Crippen LogP contribution in [0.5, 0.6) is 0 Å². The minimum Gasteiger partial charge on any atom is -0.384 e. The molecule has 0 radical (unpaired) electrons. The molecule has 1 N–H and O–H groups in total. The number of likely N-dealkylation sites (tertiary alicyclic amines) is 1. The Morgan fingerprint density at radius 2 is 2.30 bits per heavy atom. The highest BCUT2D eigenvalue weighted by Crippen LogP contribution is 2.24. The molecule has 1 unspecified atom stereocenters. The first kappa shape index (κ1) is 13.6. The van der Waals surface area contributed by atoms with E-state index in [1.54, 1.807) is 0 Å². The number of carbonyl (C=O) groups is 1. The van der Waals surface area contributed by atoms with Crippen molar-refractivity contribution >= 4 is 11.5 Å². The van der Waals surface area contributed by atoms with Gasteiger partial charge in [-0.15, -0.1) is 0 Å². The van der Waals surface area contributed by atoms with Crippen molar-refractivity contribution in [1.29, 1.82) is 0 Å². The molecule has 1 aromatic rings. The molecular weight excluding hydrogens is 248 g/mol. The maximum atomic E-state index is 12.5. The molecule has 20 heavy (non-hydrogen) atoms. The minimum absolute atomic E-state index is 0.278. The summed E-state index contributed by atoms with van der Waals surface area (Å²) in [7, 11) is 0. The zero-order chi connectivity index (χ0) is 13.9. The first-order chi connectivity index (χ1) is 9.78. The van der Waals surface area contributed by atoms with Crippen LogP contribution in [0.25, 0.3) is 0 Å². The van der Waals surface area contributed by atoms with Crippen LogP contribution in [0, 0.1) is 0 Å². The lowest BCUT2D eigenvalue weighted by atomic mass is 9.98. The van der Waals surface area contributed by atoms with Crippen molar-refractivity contribution < 1.29 is 4.79 Å². The van der Waals surface area contributed by atoms with Crippen LogP contribution in [0.15, 0.2) is 18.2 Å². The lowest BCUT2D eigenvalue weighted by molar-refractivity contribution is 0.0838. The quantitative estimate of drug-likeness (QED) is 0.855. The molecule has 3 nitrogen and oxygen atoms in total. The Kier molecular flexibility index (Phi) is 4.06. The van der Waals surface area contributed by atoms with Gasteiger partial charge in [0.05, 0.1) is 6.54 Å². The highest BCUT2D eigenvalue weighted by molar-refractivity contribution is 5.98. The normalized spacial score (nSPS) is 22.4. The Morgan fingerprint density at radius 3 is 3.15 bits per heavy atom. The van der Waals surface area contributed by atoms with Crippen LogP contribution in [-0.4, -0.2) is 36.4 Å². The molecule has 0 aromatic heterocycles. The Balaban J connectivity index is 1.69. The molecule has 0 amide bonds. The topological polar surface area (TPSA) is 32.3 Å². The molecule has 1 saturated heterocycles. The van der Waals surface area contributed by atoms with E-state index in [1.165, 1.54) is 30.5 Å². The van der Waals surface area contributed by atoms with Gasteiger partial charge in [-0.05, 0) is 56.0 Å². The molecule has 2 aliphatic rings. The fourth-order valence-electron chi connectivity index (χ4n) is 3.48. The fraction of sp³-hybridized carbons (Fsp3) is 0.588. The second-order valence-corrected chi connectivity index (χ2v) is 6.00. The zero-order valence-electron chi connectivity index (χ0n) is 12.3. The molecule has 3 rings (SSSR count). The summed E-state index contributed by atoms with van der Waals surface area (Å²) in [4.78, 5) is 14.9. The van der Waals surface area contributed by atoms with E-state index in [9.17, 15) is 4.79 Å². The monoisotopic (exact) mass is 272 g/mol. The molecule has 0 spiro atoms. The third-order valence-electron chi connectivity index (χ3n) is 4.70. The first-order valence-corrected chi connectivity index (χ1v) is 7.92. The standard InChI is InChI=1S/C17H24N2O/c1-2-15-5-3-4-10-19(15)12-17(20)14-6-7-16-13(11-14)8-9-18-16/h6-7,11,15,18H,2-5,8-10,12H2,1H3. The van der Waals surface area contributed by atoms with Gasteiger partial charge in [0.2, 0.25) is 0 Å². The Labute approximate surface area is 121 Å². The summed E-state index contributed by atoms with van der Waals surface area (Å²) in [5.74, 6) is 0.278. The van der Waals surface area contributed by atoms with Gasteiger partial charge in [0.25, 0.3) is 0 Å². The number of fused-ring (bicyclic) bond motifs is 1. The highest BCUT2D eigenvalue weighted by Gasteiger charge is 2.23. The largest absolute Gasteiger partial charge is 0.384 e. The van der Waals surface area contributed by atoms with Crippen LogP contribution in [0.2, 0.25) is 0 Å². The molecule has 0 bridgehead atoms. The molecule has 3 heteroatoms. The average Bonchev–Trinajstić information content (AvgIpc) is 2.95. The van der Waals surface area contributed by atoms with Gasteiger partial charge in [0, 0.05) is 23.8 Å². The van der Waals surface area contributed by atoms with Crippen LogP contribution in [0.4, 0.5) is 5.69 Å². The number of benzene rings is 1. The summed E-state index contributed by atoms with van der Waals surface area (Å²) >= 11 is 0. The van der Waals surface area contributed by atoms with E-state index in [1.807, 2.05) is 6.07 Å². The van der Waals surface area contributed by atoms with Gasteiger partial charge < -0.3 is 5.32 Å². The summed E-state index contributed by atoms with van der Waals surface area (Å²) in [6, 6.07) is 6.72. The van der Waals surface area contributed by atoms with E-state index in [0.717, 1.165) is 31.5 Å². The van der Waals surface area contributed by atoms with Gasteiger partial charge in [-0.3, -0.25) is 9.69 Å². The van der Waals surface area contributed by atoms with E-state index >= 15 is 0 Å². The Bertz CT molecular complexity index is 498. The van der Waals surface area contributed by atoms with E-state index in [2.05, 4.69) is 29.3 Å². The summed E-state index contributed by atoms with van der Waals surface area (Å²) in [6.07, 6.45) is 5.99. The predicted octanol–water partition coefficient (Wildman–Crippen LogP) is 3.10. The number of anilines is 1. The molecular formula is C17H24N2O. The van der Waals surface area contributed by atoms with Gasteiger partial charge in [0.1, 0.15) is 0 Å². The number of ketones is 1. The number of Topliss-reactive ketones (excluding diaryl/α,β-unsaturated/α-hetero) is 1. The number of carbonyl (C=O) groups excluding carboxylic acids is 1. The Hall–Kier alpha value is -1.35. The summed E-state index contributed by atoms with van der Waals surface area (Å²) in [5, 5.41) is 3.34. The maximum absolute atomic E-state index is 12.5. The van der Waals surface area contributed by atoms with Gasteiger partial charge in [-0.2, -0.15) is 0 Å². The van der Waals surface area contributed by atoms with Crippen molar-refractivity contribution in [3.63, 3.8) is 0 Å². The number of rotatable bonds is 4. The molecule has 0 aliphatic carbocycles. The number of nitrogens with one attached hydrogen (secondary N) is 1. The van der Waals surface area contributed by atoms with E-state index in [0.29, 0.717) is 12.6 Å². The summed E-state index contributed by atoms with van der Waals surface area (Å²) in [6.45, 7) is 4.90. The minimum atomic E-state index is 0.278. The average molecular weight is 272 g/mol. The second-order valence-electron chi connectivity index (χ2n) is 6.00. The lowest BCUT2D eigenvalue weighted by Gasteiger charge is -2.34. The second kappa shape index (κ2) is 5.96. The number of nitrogens with zero attached hydrogens (tertiary/aromatic N) is 1. The molecule has 2 aliphatic heterocycles. The Morgan fingerprint density at radius 1 is 1.40 bits per heavy atom. The summed E-state index contributed by atoms with van der Waals surface area (Å²) < 4.78 is 0. The van der Waals surface area contributed by atoms with E-state index in [4.69, 9.17) is 0 Å². The van der Waals surface area contributed by atoms with Crippen LogP contribution in [0.3, 0.4) is 0 Å². The van der Waals surface area contributed by atoms with E-state index < -0.39 is 0 Å². The van der Waals surface area contributed by atoms with Gasteiger partial charge >= 0.3 is 0 Å². The van der Waals surface area contributed by atoms with Crippen LogP contribution < -0.4 is 5.32 Å². The van der Waals surface area contributed by atoms with Crippen molar-refractivity contribution in [3.05, 3.63) is 29.3 Å². The molecule has 108 valence electrons. The molecule has 1 fully saturated rings. The van der Waals surface area contributed by atoms with Gasteiger partial charge in [0.15, 0.2) is 5.78 Å². The van der Waals surface area contributed by atoms with E-state index in [-0.39, 0.29) is 5.78 Å². The third kappa shape index (κ3) is 2.73. The van der Waals surface area contributed by atoms with Crippen LogP contribution in [0.1, 0.15) is 48.5 Å². The fourth-order valence-corrected chi connectivity index (χ4v) is 3.48. The van der Waals surface area contributed by atoms with Crippen molar-refractivity contribution in [2.75, 3.05) is 25.0 Å².